The summed E-state index contributed by atoms with van der Waals surface area (Å²) in [6.07, 6.45) is 3.33. The topological polar surface area (TPSA) is 76.2 Å². The molecule has 0 fully saturated rings. The fourth-order valence-corrected chi connectivity index (χ4v) is 3.69. The Balaban J connectivity index is 1.88. The molecule has 29 heavy (non-hydrogen) atoms. The van der Waals surface area contributed by atoms with Crippen LogP contribution in [0.1, 0.15) is 27.5 Å². The highest BCUT2D eigenvalue weighted by Gasteiger charge is 2.38. The lowest BCUT2D eigenvalue weighted by Crippen LogP contribution is -2.24. The van der Waals surface area contributed by atoms with Crippen molar-refractivity contribution in [1.82, 2.24) is 4.98 Å². The number of aromatic nitrogens is 1. The van der Waals surface area contributed by atoms with Gasteiger partial charge in [0.05, 0.1) is 22.7 Å². The predicted octanol–water partition coefficient (Wildman–Crippen LogP) is 5.54. The van der Waals surface area contributed by atoms with Gasteiger partial charge in [0, 0.05) is 10.4 Å². The Labute approximate surface area is 169 Å². The molecule has 0 aliphatic heterocycles. The number of carboxylic acids is 1. The minimum Gasteiger partial charge on any atom is -0.478 e. The number of carboxylic acid groups (broad SMARTS) is 1. The van der Waals surface area contributed by atoms with Crippen molar-refractivity contribution >= 4 is 34.2 Å². The van der Waals surface area contributed by atoms with Crippen LogP contribution in [0, 0.1) is 0 Å². The first-order valence-electron chi connectivity index (χ1n) is 8.74. The van der Waals surface area contributed by atoms with Crippen molar-refractivity contribution in [3.8, 4) is 0 Å². The van der Waals surface area contributed by atoms with Crippen molar-refractivity contribution < 1.29 is 18.7 Å². The molecule has 4 rings (SSSR count). The van der Waals surface area contributed by atoms with Crippen LogP contribution in [0.3, 0.4) is 0 Å². The van der Waals surface area contributed by atoms with Gasteiger partial charge in [-0.3, -0.25) is 0 Å². The Morgan fingerprint density at radius 2 is 1.93 bits per heavy atom. The van der Waals surface area contributed by atoms with E-state index in [2.05, 4.69) is 4.98 Å². The zero-order chi connectivity index (χ0) is 20.8. The molecule has 7 heteroatoms. The van der Waals surface area contributed by atoms with Crippen LogP contribution in [0.2, 0.25) is 5.02 Å². The van der Waals surface area contributed by atoms with Crippen molar-refractivity contribution in [2.24, 2.45) is 0 Å². The zero-order valence-corrected chi connectivity index (χ0v) is 15.7. The smallest absolute Gasteiger partial charge is 0.338 e. The summed E-state index contributed by atoms with van der Waals surface area (Å²) in [6, 6.07) is 13.2. The number of rotatable bonds is 3. The van der Waals surface area contributed by atoms with E-state index in [-0.39, 0.29) is 32.9 Å². The largest absolute Gasteiger partial charge is 0.478 e. The highest BCUT2D eigenvalue weighted by Crippen LogP contribution is 2.43. The van der Waals surface area contributed by atoms with E-state index in [1.807, 2.05) is 0 Å². The van der Waals surface area contributed by atoms with Gasteiger partial charge in [0.2, 0.25) is 0 Å². The molecule has 0 saturated heterocycles. The van der Waals surface area contributed by atoms with Crippen molar-refractivity contribution in [3.05, 3.63) is 94.4 Å². The summed E-state index contributed by atoms with van der Waals surface area (Å²) in [6.45, 7) is 0. The molecular weight excluding hydrogens is 398 g/mol. The summed E-state index contributed by atoms with van der Waals surface area (Å²) in [5.41, 5.74) is 3.30. The monoisotopic (exact) mass is 412 g/mol. The number of halogens is 3. The number of allylic oxidation sites excluding steroid dienone is 4. The molecule has 3 aromatic rings. The number of pyridine rings is 1. The first kappa shape index (κ1) is 19.1. The average Bonchev–Trinajstić information content (AvgIpc) is 2.67. The van der Waals surface area contributed by atoms with E-state index in [0.29, 0.717) is 5.56 Å². The number of benzene rings is 2. The summed E-state index contributed by atoms with van der Waals surface area (Å²) in [5.74, 6) is -2.80. The van der Waals surface area contributed by atoms with E-state index >= 15 is 4.39 Å². The number of hydrogen-bond donors (Lipinski definition) is 2. The number of alkyl halides is 1. The SMILES string of the molecule is Nc1c(C2(F)C=CC(c3ccccc3)C(F)=C2)nc2ccc(Cl)cc2c1C(=O)O. The second kappa shape index (κ2) is 6.97. The number of anilines is 1. The van der Waals surface area contributed by atoms with Gasteiger partial charge in [-0.05, 0) is 35.9 Å². The number of fused-ring (bicyclic) bond motifs is 1. The van der Waals surface area contributed by atoms with E-state index in [1.54, 1.807) is 30.3 Å². The van der Waals surface area contributed by atoms with Gasteiger partial charge in [-0.2, -0.15) is 0 Å². The minimum absolute atomic E-state index is 0.182. The summed E-state index contributed by atoms with van der Waals surface area (Å²) in [4.78, 5) is 16.0. The van der Waals surface area contributed by atoms with Gasteiger partial charge in [0.25, 0.3) is 0 Å². The number of aromatic carboxylic acids is 1. The highest BCUT2D eigenvalue weighted by atomic mass is 35.5. The normalized spacial score (nSPS) is 21.2. The van der Waals surface area contributed by atoms with Gasteiger partial charge in [-0.1, -0.05) is 48.0 Å². The number of carbonyl (C=O) groups is 1. The molecule has 2 unspecified atom stereocenters. The molecule has 3 N–H and O–H groups in total. The third-order valence-corrected chi connectivity index (χ3v) is 5.13. The highest BCUT2D eigenvalue weighted by molar-refractivity contribution is 6.31. The van der Waals surface area contributed by atoms with Crippen molar-refractivity contribution in [3.63, 3.8) is 0 Å². The Kier molecular flexibility index (Phi) is 4.59. The fraction of sp³-hybridized carbons (Fsp3) is 0.0909. The molecule has 0 radical (unpaired) electrons. The molecule has 1 heterocycles. The van der Waals surface area contributed by atoms with Crippen molar-refractivity contribution in [2.45, 2.75) is 11.6 Å². The summed E-state index contributed by atoms with van der Waals surface area (Å²) < 4.78 is 30.6. The van der Waals surface area contributed by atoms with Crippen LogP contribution in [0.4, 0.5) is 14.5 Å². The number of nitrogens with zero attached hydrogens (tertiary/aromatic N) is 1. The average molecular weight is 413 g/mol. The van der Waals surface area contributed by atoms with Crippen LogP contribution in [0.25, 0.3) is 10.9 Å². The van der Waals surface area contributed by atoms with Crippen LogP contribution in [0.15, 0.2) is 72.6 Å². The quantitative estimate of drug-likeness (QED) is 0.554. The fourth-order valence-electron chi connectivity index (χ4n) is 3.52. The van der Waals surface area contributed by atoms with Crippen LogP contribution >= 0.6 is 11.6 Å². The van der Waals surface area contributed by atoms with Crippen LogP contribution < -0.4 is 5.73 Å². The number of nitrogens with two attached hydrogens (primary N) is 1. The lowest BCUT2D eigenvalue weighted by atomic mass is 9.85. The van der Waals surface area contributed by atoms with E-state index < -0.39 is 23.4 Å². The van der Waals surface area contributed by atoms with Gasteiger partial charge in [-0.25, -0.2) is 18.6 Å². The molecule has 2 aromatic carbocycles. The predicted molar refractivity (Wildman–Crippen MR) is 108 cm³/mol. The van der Waals surface area contributed by atoms with Gasteiger partial charge < -0.3 is 10.8 Å². The third-order valence-electron chi connectivity index (χ3n) is 4.90. The molecule has 1 aromatic heterocycles. The Morgan fingerprint density at radius 3 is 2.59 bits per heavy atom. The van der Waals surface area contributed by atoms with E-state index in [0.717, 1.165) is 12.2 Å². The van der Waals surface area contributed by atoms with E-state index in [1.165, 1.54) is 24.3 Å². The second-order valence-electron chi connectivity index (χ2n) is 6.76. The lowest BCUT2D eigenvalue weighted by molar-refractivity contribution is 0.0700. The van der Waals surface area contributed by atoms with Gasteiger partial charge in [0.1, 0.15) is 11.5 Å². The summed E-state index contributed by atoms with van der Waals surface area (Å²) in [5, 5.41) is 10.1. The lowest BCUT2D eigenvalue weighted by Gasteiger charge is -2.26. The van der Waals surface area contributed by atoms with Gasteiger partial charge in [0.15, 0.2) is 5.67 Å². The van der Waals surface area contributed by atoms with Gasteiger partial charge in [-0.15, -0.1) is 0 Å². The molecule has 1 aliphatic rings. The Hall–Kier alpha value is -3.25. The molecule has 1 aliphatic carbocycles. The first-order valence-corrected chi connectivity index (χ1v) is 9.12. The molecular formula is C22H15ClF2N2O2. The summed E-state index contributed by atoms with van der Waals surface area (Å²) >= 11 is 5.95. The van der Waals surface area contributed by atoms with Crippen molar-refractivity contribution in [2.75, 3.05) is 5.73 Å². The zero-order valence-electron chi connectivity index (χ0n) is 14.9. The molecule has 0 bridgehead atoms. The number of hydrogen-bond acceptors (Lipinski definition) is 3. The maximum absolute atomic E-state index is 15.8. The first-order chi connectivity index (χ1) is 13.8. The maximum atomic E-state index is 15.8. The molecule has 2 atom stereocenters. The van der Waals surface area contributed by atoms with Crippen LogP contribution in [-0.2, 0) is 5.67 Å². The molecule has 0 amide bonds. The second-order valence-corrected chi connectivity index (χ2v) is 7.20. The molecule has 0 saturated carbocycles. The van der Waals surface area contributed by atoms with Crippen LogP contribution in [-0.4, -0.2) is 16.1 Å². The maximum Gasteiger partial charge on any atom is 0.338 e. The molecule has 4 nitrogen and oxygen atoms in total. The Bertz CT molecular complexity index is 1190. The van der Waals surface area contributed by atoms with E-state index in [9.17, 15) is 14.3 Å². The van der Waals surface area contributed by atoms with E-state index in [4.69, 9.17) is 17.3 Å². The minimum atomic E-state index is -2.49. The third kappa shape index (κ3) is 3.25. The number of nitrogen functional groups attached to an aromatic ring is 1. The van der Waals surface area contributed by atoms with Crippen molar-refractivity contribution in [1.29, 1.82) is 0 Å². The Morgan fingerprint density at radius 1 is 1.21 bits per heavy atom. The summed E-state index contributed by atoms with van der Waals surface area (Å²) in [7, 11) is 0. The standard InChI is InChI=1S/C22H15ClF2N2O2/c23-13-6-7-17-15(10-13)18(21(28)29)19(26)20(27-17)22(25)9-8-14(16(24)11-22)12-4-2-1-3-5-12/h1-11,14H,26H2,(H,28,29). The van der Waals surface area contributed by atoms with Crippen LogP contribution in [0.5, 0.6) is 0 Å². The molecule has 0 spiro atoms. The molecule has 146 valence electrons. The van der Waals surface area contributed by atoms with Gasteiger partial charge >= 0.3 is 5.97 Å².